The average Bonchev–Trinajstić information content (AvgIpc) is 2.58. The summed E-state index contributed by atoms with van der Waals surface area (Å²) in [5.41, 5.74) is 1.37. The van der Waals surface area contributed by atoms with E-state index < -0.39 is 23.5 Å². The molecule has 7 heteroatoms. The van der Waals surface area contributed by atoms with Crippen molar-refractivity contribution in [3.63, 3.8) is 0 Å². The molecule has 0 saturated heterocycles. The molecule has 0 aliphatic carbocycles. The minimum atomic E-state index is -1.15. The number of aryl methyl sites for hydroxylation is 1. The standard InChI is InChI=1S/C19H18ClF2NO3/c1-10(2)23(17-6-5-12(7-11(17)3)19(25)26-4)18(24)13-8-15(21)16(22)9-14(13)20/h5-10H,1-4H3. The first-order chi connectivity index (χ1) is 12.2. The van der Waals surface area contributed by atoms with Gasteiger partial charge >= 0.3 is 5.97 Å². The van der Waals surface area contributed by atoms with Crippen molar-refractivity contribution in [2.24, 2.45) is 0 Å². The van der Waals surface area contributed by atoms with Crippen LogP contribution in [0.4, 0.5) is 14.5 Å². The Balaban J connectivity index is 2.52. The third kappa shape index (κ3) is 3.85. The molecule has 0 aliphatic rings. The van der Waals surface area contributed by atoms with Crippen LogP contribution in [-0.2, 0) is 4.74 Å². The van der Waals surface area contributed by atoms with Crippen molar-refractivity contribution >= 4 is 29.2 Å². The summed E-state index contributed by atoms with van der Waals surface area (Å²) in [6.07, 6.45) is 0. The van der Waals surface area contributed by atoms with Crippen LogP contribution >= 0.6 is 11.6 Å². The molecule has 0 aliphatic heterocycles. The number of esters is 1. The average molecular weight is 382 g/mol. The molecule has 0 aromatic heterocycles. The molecule has 0 atom stereocenters. The first-order valence-corrected chi connectivity index (χ1v) is 8.22. The Bertz CT molecular complexity index is 868. The van der Waals surface area contributed by atoms with Crippen molar-refractivity contribution in [1.82, 2.24) is 0 Å². The zero-order chi connectivity index (χ0) is 19.6. The van der Waals surface area contributed by atoms with Gasteiger partial charge in [0.05, 0.1) is 23.3 Å². The molecule has 2 rings (SSSR count). The van der Waals surface area contributed by atoms with Gasteiger partial charge in [0.25, 0.3) is 5.91 Å². The summed E-state index contributed by atoms with van der Waals surface area (Å²) in [6.45, 7) is 5.29. The number of benzene rings is 2. The highest BCUT2D eigenvalue weighted by atomic mass is 35.5. The first kappa shape index (κ1) is 19.8. The van der Waals surface area contributed by atoms with Gasteiger partial charge in [-0.2, -0.15) is 0 Å². The number of nitrogens with zero attached hydrogens (tertiary/aromatic N) is 1. The Morgan fingerprint density at radius 3 is 2.27 bits per heavy atom. The second-order valence-electron chi connectivity index (χ2n) is 6.01. The lowest BCUT2D eigenvalue weighted by atomic mass is 10.1. The molecular weight excluding hydrogens is 364 g/mol. The van der Waals surface area contributed by atoms with E-state index in [-0.39, 0.29) is 16.6 Å². The molecule has 0 saturated carbocycles. The smallest absolute Gasteiger partial charge is 0.337 e. The van der Waals surface area contributed by atoms with Crippen LogP contribution in [0.1, 0.15) is 40.1 Å². The number of hydrogen-bond acceptors (Lipinski definition) is 3. The number of anilines is 1. The van der Waals surface area contributed by atoms with Crippen LogP contribution in [0.5, 0.6) is 0 Å². The van der Waals surface area contributed by atoms with Gasteiger partial charge in [-0.3, -0.25) is 4.79 Å². The minimum absolute atomic E-state index is 0.143. The largest absolute Gasteiger partial charge is 0.465 e. The van der Waals surface area contributed by atoms with Crippen molar-refractivity contribution in [2.75, 3.05) is 12.0 Å². The van der Waals surface area contributed by atoms with Crippen LogP contribution in [0.2, 0.25) is 5.02 Å². The van der Waals surface area contributed by atoms with Crippen molar-refractivity contribution in [3.8, 4) is 0 Å². The van der Waals surface area contributed by atoms with E-state index in [9.17, 15) is 18.4 Å². The van der Waals surface area contributed by atoms with Gasteiger partial charge in [0.1, 0.15) is 0 Å². The molecule has 0 fully saturated rings. The van der Waals surface area contributed by atoms with Crippen LogP contribution < -0.4 is 4.90 Å². The van der Waals surface area contributed by atoms with E-state index in [1.54, 1.807) is 32.9 Å². The highest BCUT2D eigenvalue weighted by molar-refractivity contribution is 6.34. The fourth-order valence-corrected chi connectivity index (χ4v) is 2.84. The van der Waals surface area contributed by atoms with Crippen LogP contribution in [0.15, 0.2) is 30.3 Å². The van der Waals surface area contributed by atoms with Crippen LogP contribution in [0.25, 0.3) is 0 Å². The van der Waals surface area contributed by atoms with E-state index in [4.69, 9.17) is 11.6 Å². The van der Waals surface area contributed by atoms with E-state index in [0.29, 0.717) is 16.8 Å². The van der Waals surface area contributed by atoms with E-state index in [1.165, 1.54) is 18.1 Å². The molecule has 0 unspecified atom stereocenters. The summed E-state index contributed by atoms with van der Waals surface area (Å²) in [6, 6.07) is 5.99. The Hall–Kier alpha value is -2.47. The van der Waals surface area contributed by atoms with E-state index in [0.717, 1.165) is 12.1 Å². The molecule has 138 valence electrons. The first-order valence-electron chi connectivity index (χ1n) is 7.84. The number of amides is 1. The third-order valence-electron chi connectivity index (χ3n) is 3.85. The summed E-state index contributed by atoms with van der Waals surface area (Å²) in [4.78, 5) is 26.0. The third-order valence-corrected chi connectivity index (χ3v) is 4.17. The zero-order valence-electron chi connectivity index (χ0n) is 14.8. The highest BCUT2D eigenvalue weighted by Crippen LogP contribution is 2.28. The Kier molecular flexibility index (Phi) is 5.97. The van der Waals surface area contributed by atoms with Gasteiger partial charge in [-0.15, -0.1) is 0 Å². The van der Waals surface area contributed by atoms with Crippen molar-refractivity contribution < 1.29 is 23.1 Å². The Morgan fingerprint density at radius 1 is 1.12 bits per heavy atom. The maximum absolute atomic E-state index is 13.6. The predicted octanol–water partition coefficient (Wildman–Crippen LogP) is 4.77. The molecule has 0 heterocycles. The number of methoxy groups -OCH3 is 1. The monoisotopic (exact) mass is 381 g/mol. The second kappa shape index (κ2) is 7.83. The molecule has 4 nitrogen and oxygen atoms in total. The lowest BCUT2D eigenvalue weighted by Crippen LogP contribution is -2.37. The molecule has 0 N–H and O–H groups in total. The SMILES string of the molecule is COC(=O)c1ccc(N(C(=O)c2cc(F)c(F)cc2Cl)C(C)C)c(C)c1. The zero-order valence-corrected chi connectivity index (χ0v) is 15.5. The summed E-state index contributed by atoms with van der Waals surface area (Å²) in [5.74, 6) is -3.34. The lowest BCUT2D eigenvalue weighted by Gasteiger charge is -2.29. The number of carbonyl (C=O) groups is 2. The number of rotatable bonds is 4. The van der Waals surface area contributed by atoms with Crippen LogP contribution in [-0.4, -0.2) is 25.0 Å². The number of ether oxygens (including phenoxy) is 1. The van der Waals surface area contributed by atoms with Gasteiger partial charge in [0.15, 0.2) is 11.6 Å². The van der Waals surface area contributed by atoms with Gasteiger partial charge in [0, 0.05) is 11.7 Å². The lowest BCUT2D eigenvalue weighted by molar-refractivity contribution is 0.0600. The molecule has 26 heavy (non-hydrogen) atoms. The number of carbonyl (C=O) groups excluding carboxylic acids is 2. The van der Waals surface area contributed by atoms with Gasteiger partial charge < -0.3 is 9.64 Å². The molecule has 2 aromatic carbocycles. The van der Waals surface area contributed by atoms with Crippen molar-refractivity contribution in [2.45, 2.75) is 26.8 Å². The topological polar surface area (TPSA) is 46.6 Å². The Labute approximate surface area is 155 Å². The molecule has 0 spiro atoms. The molecule has 2 aromatic rings. The fraction of sp³-hybridized carbons (Fsp3) is 0.263. The Morgan fingerprint density at radius 2 is 1.73 bits per heavy atom. The normalized spacial score (nSPS) is 10.8. The maximum atomic E-state index is 13.6. The summed E-state index contributed by atoms with van der Waals surface area (Å²) >= 11 is 5.94. The second-order valence-corrected chi connectivity index (χ2v) is 6.42. The van der Waals surface area contributed by atoms with Gasteiger partial charge in [-0.25, -0.2) is 13.6 Å². The minimum Gasteiger partial charge on any atom is -0.465 e. The highest BCUT2D eigenvalue weighted by Gasteiger charge is 2.26. The van der Waals surface area contributed by atoms with Gasteiger partial charge in [-0.1, -0.05) is 11.6 Å². The summed E-state index contributed by atoms with van der Waals surface area (Å²) in [7, 11) is 1.28. The number of halogens is 3. The maximum Gasteiger partial charge on any atom is 0.337 e. The van der Waals surface area contributed by atoms with Gasteiger partial charge in [0.2, 0.25) is 0 Å². The molecular formula is C19H18ClF2NO3. The molecule has 0 radical (unpaired) electrons. The summed E-state index contributed by atoms with van der Waals surface area (Å²) in [5, 5.41) is -0.177. The van der Waals surface area contributed by atoms with Crippen molar-refractivity contribution in [3.05, 3.63) is 63.7 Å². The van der Waals surface area contributed by atoms with E-state index in [1.807, 2.05) is 0 Å². The van der Waals surface area contributed by atoms with E-state index >= 15 is 0 Å². The predicted molar refractivity (Wildman–Crippen MR) is 95.8 cm³/mol. The van der Waals surface area contributed by atoms with Crippen LogP contribution in [0.3, 0.4) is 0 Å². The fourth-order valence-electron chi connectivity index (χ4n) is 2.61. The summed E-state index contributed by atoms with van der Waals surface area (Å²) < 4.78 is 31.6. The van der Waals surface area contributed by atoms with Crippen molar-refractivity contribution in [1.29, 1.82) is 0 Å². The number of hydrogen-bond donors (Lipinski definition) is 0. The molecule has 0 bridgehead atoms. The quantitative estimate of drug-likeness (QED) is 0.566. The molecule has 1 amide bonds. The van der Waals surface area contributed by atoms with E-state index in [2.05, 4.69) is 4.74 Å². The van der Waals surface area contributed by atoms with Crippen LogP contribution in [0, 0.1) is 18.6 Å². The van der Waals surface area contributed by atoms with Gasteiger partial charge in [-0.05, 0) is 56.7 Å².